The molecule has 1 aliphatic heterocycles. The Hall–Kier alpha value is -3.64. The van der Waals surface area contributed by atoms with E-state index in [2.05, 4.69) is 29.7 Å². The third kappa shape index (κ3) is 5.72. The van der Waals surface area contributed by atoms with Crippen LogP contribution in [0.15, 0.2) is 71.7 Å². The van der Waals surface area contributed by atoms with Gasteiger partial charge in [-0.2, -0.15) is 0 Å². The largest absolute Gasteiger partial charge is 0.490 e. The third-order valence-electron chi connectivity index (χ3n) is 5.92. The number of carbonyl (C=O) groups is 1. The molecule has 4 rings (SSSR count). The molecule has 0 aromatic heterocycles. The Bertz CT molecular complexity index is 1170. The normalized spacial score (nSPS) is 15.0. The zero-order chi connectivity index (χ0) is 24.6. The van der Waals surface area contributed by atoms with Crippen molar-refractivity contribution >= 4 is 23.0 Å². The molecule has 1 heterocycles. The number of carbonyl (C=O) groups excluding carboxylic acids is 1. The number of aliphatic imine (C=N–C) groups is 1. The quantitative estimate of drug-likeness (QED) is 0.286. The predicted octanol–water partition coefficient (Wildman–Crippen LogP) is 5.49. The van der Waals surface area contributed by atoms with Gasteiger partial charge < -0.3 is 20.1 Å². The minimum absolute atomic E-state index is 0.110. The van der Waals surface area contributed by atoms with E-state index in [1.807, 2.05) is 68.4 Å². The smallest absolute Gasteiger partial charge is 0.238 e. The molecule has 182 valence electrons. The van der Waals surface area contributed by atoms with Crippen LogP contribution in [0.1, 0.15) is 43.4 Å². The van der Waals surface area contributed by atoms with Crippen molar-refractivity contribution in [2.24, 2.45) is 4.99 Å². The van der Waals surface area contributed by atoms with E-state index >= 15 is 0 Å². The summed E-state index contributed by atoms with van der Waals surface area (Å²) in [6.07, 6.45) is 0.962. The molecule has 1 aliphatic rings. The van der Waals surface area contributed by atoms with Crippen molar-refractivity contribution in [3.05, 3.63) is 83.4 Å². The molecule has 2 N–H and O–H groups in total. The second kappa shape index (κ2) is 11.7. The summed E-state index contributed by atoms with van der Waals surface area (Å²) in [4.78, 5) is 18.3. The average molecular weight is 472 g/mol. The minimum atomic E-state index is -0.560. The number of likely N-dealkylation sites (N-methyl/N-ethyl adjacent to an activating group) is 1. The lowest BCUT2D eigenvalue weighted by molar-refractivity contribution is -0.115. The molecule has 0 aliphatic carbocycles. The van der Waals surface area contributed by atoms with Gasteiger partial charge in [0.15, 0.2) is 11.5 Å². The van der Waals surface area contributed by atoms with Gasteiger partial charge in [0, 0.05) is 11.8 Å². The van der Waals surface area contributed by atoms with Gasteiger partial charge in [-0.15, -0.1) is 0 Å². The number of fused-ring (bicyclic) bond motifs is 1. The summed E-state index contributed by atoms with van der Waals surface area (Å²) in [6.45, 7) is 8.89. The fourth-order valence-electron chi connectivity index (χ4n) is 4.27. The molecule has 1 atom stereocenters. The SMILES string of the molecule is CCNCCc1ccc(N=C(c2ccccc2)C2C(=O)Nc3cc(OCC)c(OCC)cc32)cc1. The number of rotatable bonds is 11. The summed E-state index contributed by atoms with van der Waals surface area (Å²) in [7, 11) is 0. The van der Waals surface area contributed by atoms with Gasteiger partial charge >= 0.3 is 0 Å². The summed E-state index contributed by atoms with van der Waals surface area (Å²) in [6, 6.07) is 21.9. The first kappa shape index (κ1) is 24.5. The molecule has 3 aromatic carbocycles. The van der Waals surface area contributed by atoms with E-state index in [-0.39, 0.29) is 5.91 Å². The summed E-state index contributed by atoms with van der Waals surface area (Å²) >= 11 is 0. The molecule has 0 fully saturated rings. The van der Waals surface area contributed by atoms with Crippen LogP contribution in [0.4, 0.5) is 11.4 Å². The zero-order valence-electron chi connectivity index (χ0n) is 20.6. The van der Waals surface area contributed by atoms with Crippen molar-refractivity contribution in [2.45, 2.75) is 33.1 Å². The van der Waals surface area contributed by atoms with E-state index in [9.17, 15) is 4.79 Å². The van der Waals surface area contributed by atoms with Gasteiger partial charge in [-0.3, -0.25) is 9.79 Å². The second-order valence-corrected chi connectivity index (χ2v) is 8.31. The van der Waals surface area contributed by atoms with Crippen LogP contribution in [0.25, 0.3) is 0 Å². The lowest BCUT2D eigenvalue weighted by Gasteiger charge is -2.16. The molecule has 0 bridgehead atoms. The topological polar surface area (TPSA) is 72.0 Å². The maximum absolute atomic E-state index is 13.3. The monoisotopic (exact) mass is 471 g/mol. The van der Waals surface area contributed by atoms with Gasteiger partial charge in [-0.25, -0.2) is 0 Å². The molecule has 6 heteroatoms. The van der Waals surface area contributed by atoms with Crippen molar-refractivity contribution in [2.75, 3.05) is 31.6 Å². The van der Waals surface area contributed by atoms with E-state index < -0.39 is 5.92 Å². The molecular formula is C29H33N3O3. The maximum atomic E-state index is 13.3. The van der Waals surface area contributed by atoms with Crippen molar-refractivity contribution in [3.8, 4) is 11.5 Å². The average Bonchev–Trinajstić information content (AvgIpc) is 3.19. The van der Waals surface area contributed by atoms with Crippen LogP contribution in [0.2, 0.25) is 0 Å². The van der Waals surface area contributed by atoms with Crippen LogP contribution < -0.4 is 20.1 Å². The first-order valence-electron chi connectivity index (χ1n) is 12.3. The minimum Gasteiger partial charge on any atom is -0.490 e. The highest BCUT2D eigenvalue weighted by molar-refractivity contribution is 6.24. The number of ether oxygens (including phenoxy) is 2. The van der Waals surface area contributed by atoms with E-state index in [1.54, 1.807) is 0 Å². The Morgan fingerprint density at radius 3 is 2.29 bits per heavy atom. The van der Waals surface area contributed by atoms with Crippen LogP contribution in [-0.4, -0.2) is 37.9 Å². The Kier molecular flexibility index (Phi) is 8.16. The van der Waals surface area contributed by atoms with Gasteiger partial charge in [-0.05, 0) is 68.2 Å². The Morgan fingerprint density at radius 2 is 1.63 bits per heavy atom. The standard InChI is InChI=1S/C29H33N3O3/c1-4-30-17-16-20-12-14-22(15-13-20)31-28(21-10-8-7-9-11-21)27-23-18-25(34-5-2)26(35-6-3)19-24(23)32-29(27)33/h7-15,18-19,27,30H,4-6,16-17H2,1-3H3,(H,32,33). The molecule has 0 saturated heterocycles. The van der Waals surface area contributed by atoms with Gasteiger partial charge in [0.05, 0.1) is 24.6 Å². The first-order chi connectivity index (χ1) is 17.1. The molecule has 0 radical (unpaired) electrons. The molecule has 0 spiro atoms. The summed E-state index contributed by atoms with van der Waals surface area (Å²) < 4.78 is 11.6. The zero-order valence-corrected chi connectivity index (χ0v) is 20.6. The molecule has 1 unspecified atom stereocenters. The fraction of sp³-hybridized carbons (Fsp3) is 0.310. The number of amides is 1. The van der Waals surface area contributed by atoms with Crippen LogP contribution in [0, 0.1) is 0 Å². The highest BCUT2D eigenvalue weighted by Crippen LogP contribution is 2.43. The van der Waals surface area contributed by atoms with Gasteiger partial charge in [0.1, 0.15) is 5.92 Å². The first-order valence-corrected chi connectivity index (χ1v) is 12.3. The van der Waals surface area contributed by atoms with Crippen molar-refractivity contribution in [1.82, 2.24) is 5.32 Å². The van der Waals surface area contributed by atoms with E-state index in [0.29, 0.717) is 30.4 Å². The van der Waals surface area contributed by atoms with Crippen molar-refractivity contribution in [3.63, 3.8) is 0 Å². The lowest BCUT2D eigenvalue weighted by Crippen LogP contribution is -2.22. The van der Waals surface area contributed by atoms with Crippen molar-refractivity contribution in [1.29, 1.82) is 0 Å². The van der Waals surface area contributed by atoms with Crippen molar-refractivity contribution < 1.29 is 14.3 Å². The van der Waals surface area contributed by atoms with Gasteiger partial charge in [-0.1, -0.05) is 49.4 Å². The number of benzene rings is 3. The Morgan fingerprint density at radius 1 is 0.943 bits per heavy atom. The second-order valence-electron chi connectivity index (χ2n) is 8.31. The third-order valence-corrected chi connectivity index (χ3v) is 5.92. The van der Waals surface area contributed by atoms with Crippen LogP contribution in [0.5, 0.6) is 11.5 Å². The number of nitrogens with zero attached hydrogens (tertiary/aromatic N) is 1. The van der Waals surface area contributed by atoms with Gasteiger partial charge in [0.2, 0.25) is 5.91 Å². The molecule has 0 saturated carbocycles. The van der Waals surface area contributed by atoms with Gasteiger partial charge in [0.25, 0.3) is 0 Å². The van der Waals surface area contributed by atoms with Crippen LogP contribution in [-0.2, 0) is 11.2 Å². The highest BCUT2D eigenvalue weighted by Gasteiger charge is 2.36. The number of hydrogen-bond donors (Lipinski definition) is 2. The van der Waals surface area contributed by atoms with Crippen LogP contribution >= 0.6 is 0 Å². The molecule has 1 amide bonds. The number of anilines is 1. The number of nitrogens with one attached hydrogen (secondary N) is 2. The highest BCUT2D eigenvalue weighted by atomic mass is 16.5. The Labute approximate surface area is 207 Å². The van der Waals surface area contributed by atoms with Crippen LogP contribution in [0.3, 0.4) is 0 Å². The Balaban J connectivity index is 1.75. The number of hydrogen-bond acceptors (Lipinski definition) is 5. The molecule has 3 aromatic rings. The van der Waals surface area contributed by atoms with E-state index in [0.717, 1.165) is 42.0 Å². The molecule has 6 nitrogen and oxygen atoms in total. The maximum Gasteiger partial charge on any atom is 0.238 e. The summed E-state index contributed by atoms with van der Waals surface area (Å²) in [5, 5.41) is 6.38. The fourth-order valence-corrected chi connectivity index (χ4v) is 4.27. The lowest BCUT2D eigenvalue weighted by atomic mass is 9.90. The molecular weight excluding hydrogens is 438 g/mol. The van der Waals surface area contributed by atoms with E-state index in [1.165, 1.54) is 5.56 Å². The molecule has 35 heavy (non-hydrogen) atoms. The summed E-state index contributed by atoms with van der Waals surface area (Å²) in [5.41, 5.74) is 5.24. The summed E-state index contributed by atoms with van der Waals surface area (Å²) in [5.74, 6) is 0.587. The predicted molar refractivity (Wildman–Crippen MR) is 141 cm³/mol. The van der Waals surface area contributed by atoms with E-state index in [4.69, 9.17) is 14.5 Å².